The first kappa shape index (κ1) is 12.2. The van der Waals surface area contributed by atoms with Crippen LogP contribution in [-0.2, 0) is 19.3 Å². The third-order valence-corrected chi connectivity index (χ3v) is 5.48. The van der Waals surface area contributed by atoms with Crippen LogP contribution < -0.4 is 0 Å². The average molecular weight is 282 g/mol. The fourth-order valence-electron chi connectivity index (χ4n) is 3.25. The molecule has 0 bridgehead atoms. The molecule has 0 aliphatic heterocycles. The Morgan fingerprint density at radius 2 is 2.05 bits per heavy atom. The van der Waals surface area contributed by atoms with Crippen LogP contribution in [0, 0.1) is 0 Å². The zero-order valence-electron chi connectivity index (χ0n) is 11.7. The molecule has 0 unspecified atom stereocenters. The SMILES string of the molecule is CCc1sc2nccn2c1-c1ccc2c(c1)CCCC2. The quantitative estimate of drug-likeness (QED) is 0.676. The molecule has 1 aliphatic carbocycles. The number of aryl methyl sites for hydroxylation is 3. The zero-order valence-corrected chi connectivity index (χ0v) is 12.5. The van der Waals surface area contributed by atoms with Crippen molar-refractivity contribution in [1.29, 1.82) is 0 Å². The number of rotatable bonds is 2. The van der Waals surface area contributed by atoms with Gasteiger partial charge in [-0.2, -0.15) is 0 Å². The lowest BCUT2D eigenvalue weighted by Gasteiger charge is -2.16. The summed E-state index contributed by atoms with van der Waals surface area (Å²) < 4.78 is 2.24. The maximum Gasteiger partial charge on any atom is 0.194 e. The van der Waals surface area contributed by atoms with Gasteiger partial charge in [-0.15, -0.1) is 11.3 Å². The molecule has 0 radical (unpaired) electrons. The molecule has 2 nitrogen and oxygen atoms in total. The molecule has 3 heteroatoms. The molecule has 0 N–H and O–H groups in total. The molecule has 1 aromatic carbocycles. The average Bonchev–Trinajstić information content (AvgIpc) is 3.06. The predicted octanol–water partition coefficient (Wildman–Crippen LogP) is 4.50. The summed E-state index contributed by atoms with van der Waals surface area (Å²) in [5.41, 5.74) is 5.80. The second kappa shape index (κ2) is 4.74. The molecule has 2 aromatic heterocycles. The third kappa shape index (κ3) is 1.80. The molecule has 0 saturated carbocycles. The molecular formula is C17H18N2S. The normalized spacial score (nSPS) is 14.7. The summed E-state index contributed by atoms with van der Waals surface area (Å²) in [6.45, 7) is 2.23. The summed E-state index contributed by atoms with van der Waals surface area (Å²) >= 11 is 1.81. The van der Waals surface area contributed by atoms with Crippen molar-refractivity contribution in [3.05, 3.63) is 46.6 Å². The summed E-state index contributed by atoms with van der Waals surface area (Å²) in [5, 5.41) is 0. The van der Waals surface area contributed by atoms with E-state index < -0.39 is 0 Å². The second-order valence-electron chi connectivity index (χ2n) is 5.50. The highest BCUT2D eigenvalue weighted by Crippen LogP contribution is 2.34. The van der Waals surface area contributed by atoms with Gasteiger partial charge in [0.05, 0.1) is 5.69 Å². The van der Waals surface area contributed by atoms with Gasteiger partial charge in [0.1, 0.15) is 0 Å². The zero-order chi connectivity index (χ0) is 13.5. The van der Waals surface area contributed by atoms with Gasteiger partial charge in [0.15, 0.2) is 4.96 Å². The Morgan fingerprint density at radius 1 is 1.20 bits per heavy atom. The fraction of sp³-hybridized carbons (Fsp3) is 0.353. The van der Waals surface area contributed by atoms with Crippen molar-refractivity contribution in [2.24, 2.45) is 0 Å². The molecule has 1 aliphatic rings. The van der Waals surface area contributed by atoms with Gasteiger partial charge < -0.3 is 0 Å². The molecule has 3 aromatic rings. The Kier molecular flexibility index (Phi) is 2.88. The lowest BCUT2D eigenvalue weighted by Crippen LogP contribution is -2.02. The number of hydrogen-bond acceptors (Lipinski definition) is 2. The molecular weight excluding hydrogens is 264 g/mol. The molecule has 0 saturated heterocycles. The predicted molar refractivity (Wildman–Crippen MR) is 84.5 cm³/mol. The van der Waals surface area contributed by atoms with Crippen LogP contribution in [0.4, 0.5) is 0 Å². The summed E-state index contributed by atoms with van der Waals surface area (Å²) in [6.07, 6.45) is 10.2. The minimum absolute atomic E-state index is 1.07. The maximum absolute atomic E-state index is 4.44. The minimum atomic E-state index is 1.07. The highest BCUT2D eigenvalue weighted by Gasteiger charge is 2.16. The van der Waals surface area contributed by atoms with Gasteiger partial charge in [0.2, 0.25) is 0 Å². The van der Waals surface area contributed by atoms with Gasteiger partial charge in [-0.3, -0.25) is 4.40 Å². The van der Waals surface area contributed by atoms with Crippen LogP contribution >= 0.6 is 11.3 Å². The number of fused-ring (bicyclic) bond motifs is 2. The van der Waals surface area contributed by atoms with Crippen molar-refractivity contribution >= 4 is 16.3 Å². The van der Waals surface area contributed by atoms with E-state index in [9.17, 15) is 0 Å². The summed E-state index contributed by atoms with van der Waals surface area (Å²) in [6, 6.07) is 7.05. The van der Waals surface area contributed by atoms with E-state index in [1.54, 1.807) is 11.1 Å². The van der Waals surface area contributed by atoms with Crippen LogP contribution in [0.25, 0.3) is 16.2 Å². The molecule has 0 amide bonds. The first-order valence-corrected chi connectivity index (χ1v) is 8.25. The molecule has 0 fully saturated rings. The van der Waals surface area contributed by atoms with Gasteiger partial charge in [-0.25, -0.2) is 4.98 Å². The van der Waals surface area contributed by atoms with Crippen molar-refractivity contribution in [2.75, 3.05) is 0 Å². The molecule has 2 heterocycles. The summed E-state index contributed by atoms with van der Waals surface area (Å²) in [7, 11) is 0. The highest BCUT2D eigenvalue weighted by atomic mass is 32.1. The molecule has 4 rings (SSSR count). The van der Waals surface area contributed by atoms with Crippen molar-refractivity contribution in [3.8, 4) is 11.3 Å². The lowest BCUT2D eigenvalue weighted by atomic mass is 9.90. The van der Waals surface area contributed by atoms with Crippen molar-refractivity contribution in [3.63, 3.8) is 0 Å². The molecule has 20 heavy (non-hydrogen) atoms. The number of aromatic nitrogens is 2. The van der Waals surface area contributed by atoms with Crippen LogP contribution in [0.5, 0.6) is 0 Å². The topological polar surface area (TPSA) is 17.3 Å². The van der Waals surface area contributed by atoms with Crippen molar-refractivity contribution in [1.82, 2.24) is 9.38 Å². The fourth-order valence-corrected chi connectivity index (χ4v) is 4.29. The van der Waals surface area contributed by atoms with E-state index in [1.807, 2.05) is 17.5 Å². The van der Waals surface area contributed by atoms with Gasteiger partial charge in [0.25, 0.3) is 0 Å². The van der Waals surface area contributed by atoms with Crippen LogP contribution in [-0.4, -0.2) is 9.38 Å². The number of benzene rings is 1. The first-order valence-electron chi connectivity index (χ1n) is 7.43. The summed E-state index contributed by atoms with van der Waals surface area (Å²) in [4.78, 5) is 6.98. The summed E-state index contributed by atoms with van der Waals surface area (Å²) in [5.74, 6) is 0. The highest BCUT2D eigenvalue weighted by molar-refractivity contribution is 7.17. The minimum Gasteiger partial charge on any atom is -0.290 e. The van der Waals surface area contributed by atoms with Gasteiger partial charge >= 0.3 is 0 Å². The number of hydrogen-bond donors (Lipinski definition) is 0. The van der Waals surface area contributed by atoms with Crippen LogP contribution in [0.1, 0.15) is 35.8 Å². The van der Waals surface area contributed by atoms with E-state index in [2.05, 4.69) is 40.7 Å². The van der Waals surface area contributed by atoms with E-state index in [-0.39, 0.29) is 0 Å². The monoisotopic (exact) mass is 282 g/mol. The van der Waals surface area contributed by atoms with E-state index in [0.29, 0.717) is 0 Å². The number of nitrogens with zero attached hydrogens (tertiary/aromatic N) is 2. The number of imidazole rings is 1. The van der Waals surface area contributed by atoms with Crippen LogP contribution in [0.15, 0.2) is 30.6 Å². The maximum atomic E-state index is 4.44. The molecule has 102 valence electrons. The van der Waals surface area contributed by atoms with Crippen molar-refractivity contribution in [2.45, 2.75) is 39.0 Å². The standard InChI is InChI=1S/C17H18N2S/c1-2-15-16(19-10-9-18-17(19)20-15)14-8-7-12-5-3-4-6-13(12)11-14/h7-11H,2-6H2,1H3. The van der Waals surface area contributed by atoms with Gasteiger partial charge in [0, 0.05) is 17.3 Å². The van der Waals surface area contributed by atoms with E-state index in [4.69, 9.17) is 0 Å². The third-order valence-electron chi connectivity index (χ3n) is 4.27. The van der Waals surface area contributed by atoms with E-state index in [1.165, 1.54) is 41.8 Å². The molecule has 0 spiro atoms. The Morgan fingerprint density at radius 3 is 2.90 bits per heavy atom. The first-order chi connectivity index (χ1) is 9.86. The van der Waals surface area contributed by atoms with Crippen LogP contribution in [0.2, 0.25) is 0 Å². The van der Waals surface area contributed by atoms with Gasteiger partial charge in [-0.1, -0.05) is 19.1 Å². The van der Waals surface area contributed by atoms with E-state index >= 15 is 0 Å². The van der Waals surface area contributed by atoms with Crippen LogP contribution in [0.3, 0.4) is 0 Å². The Bertz CT molecular complexity index is 766. The molecule has 0 atom stereocenters. The van der Waals surface area contributed by atoms with E-state index in [0.717, 1.165) is 11.4 Å². The Balaban J connectivity index is 1.91. The Labute approximate surface area is 123 Å². The largest absolute Gasteiger partial charge is 0.290 e. The lowest BCUT2D eigenvalue weighted by molar-refractivity contribution is 0.686. The smallest absolute Gasteiger partial charge is 0.194 e. The number of thiazole rings is 1. The second-order valence-corrected chi connectivity index (χ2v) is 6.56. The Hall–Kier alpha value is -1.61. The van der Waals surface area contributed by atoms with Crippen molar-refractivity contribution < 1.29 is 0 Å². The van der Waals surface area contributed by atoms with Gasteiger partial charge in [-0.05, 0) is 54.9 Å².